The molecule has 2 N–H and O–H groups in total. The van der Waals surface area contributed by atoms with E-state index in [2.05, 4.69) is 10.6 Å². The van der Waals surface area contributed by atoms with E-state index < -0.39 is 0 Å². The molecule has 0 unspecified atom stereocenters. The zero-order valence-corrected chi connectivity index (χ0v) is 12.0. The number of ether oxygens (including phenoxy) is 2. The Balaban J connectivity index is 0.00000147. The Hall–Kier alpha value is -1.46. The Morgan fingerprint density at radius 2 is 2.15 bits per heavy atom. The van der Waals surface area contributed by atoms with E-state index in [1.54, 1.807) is 6.07 Å². The molecular weight excluding hydrogens is 280 g/mol. The molecule has 3 rings (SSSR count). The maximum absolute atomic E-state index is 12.3. The van der Waals surface area contributed by atoms with E-state index in [1.165, 1.54) is 0 Å². The van der Waals surface area contributed by atoms with Gasteiger partial charge in [-0.15, -0.1) is 12.4 Å². The van der Waals surface area contributed by atoms with Gasteiger partial charge in [0.1, 0.15) is 13.2 Å². The third-order valence-electron chi connectivity index (χ3n) is 3.44. The molecule has 0 radical (unpaired) electrons. The van der Waals surface area contributed by atoms with Crippen LogP contribution in [0.4, 0.5) is 0 Å². The fourth-order valence-electron chi connectivity index (χ4n) is 2.49. The van der Waals surface area contributed by atoms with Crippen LogP contribution in [0.3, 0.4) is 0 Å². The second kappa shape index (κ2) is 6.81. The summed E-state index contributed by atoms with van der Waals surface area (Å²) in [5.41, 5.74) is 0.558. The van der Waals surface area contributed by atoms with Crippen LogP contribution in [0, 0.1) is 0 Å². The summed E-state index contributed by atoms with van der Waals surface area (Å²) in [4.78, 5) is 12.3. The molecule has 0 aliphatic carbocycles. The highest BCUT2D eigenvalue weighted by molar-refractivity contribution is 5.98. The molecule has 1 fully saturated rings. The minimum absolute atomic E-state index is 0. The molecule has 1 amide bonds. The van der Waals surface area contributed by atoms with Gasteiger partial charge < -0.3 is 20.1 Å². The molecule has 1 atom stereocenters. The van der Waals surface area contributed by atoms with Gasteiger partial charge in [-0.25, -0.2) is 0 Å². The summed E-state index contributed by atoms with van der Waals surface area (Å²) >= 11 is 0. The first-order chi connectivity index (χ1) is 9.34. The number of benzene rings is 1. The van der Waals surface area contributed by atoms with E-state index in [0.29, 0.717) is 30.3 Å². The van der Waals surface area contributed by atoms with Crippen molar-refractivity contribution < 1.29 is 14.3 Å². The summed E-state index contributed by atoms with van der Waals surface area (Å²) in [5.74, 6) is 1.13. The topological polar surface area (TPSA) is 59.6 Å². The van der Waals surface area contributed by atoms with Crippen LogP contribution < -0.4 is 20.1 Å². The van der Waals surface area contributed by atoms with E-state index in [1.807, 2.05) is 12.1 Å². The molecule has 2 aliphatic heterocycles. The second-order valence-electron chi connectivity index (χ2n) is 4.85. The van der Waals surface area contributed by atoms with E-state index in [4.69, 9.17) is 9.47 Å². The van der Waals surface area contributed by atoms with Gasteiger partial charge in [-0.3, -0.25) is 4.79 Å². The molecule has 2 aliphatic rings. The van der Waals surface area contributed by atoms with E-state index >= 15 is 0 Å². The lowest BCUT2D eigenvalue weighted by Crippen LogP contribution is -2.45. The van der Waals surface area contributed by atoms with Crippen LogP contribution in [0.25, 0.3) is 0 Å². The molecule has 6 heteroatoms. The molecule has 1 aromatic rings. The van der Waals surface area contributed by atoms with Crippen molar-refractivity contribution in [3.05, 3.63) is 23.8 Å². The van der Waals surface area contributed by atoms with Crippen molar-refractivity contribution >= 4 is 18.3 Å². The molecule has 2 heterocycles. The fourth-order valence-corrected chi connectivity index (χ4v) is 2.49. The monoisotopic (exact) mass is 298 g/mol. The number of amides is 1. The zero-order chi connectivity index (χ0) is 13.1. The van der Waals surface area contributed by atoms with E-state index in [0.717, 1.165) is 25.9 Å². The largest absolute Gasteiger partial charge is 0.486 e. The molecule has 5 nitrogen and oxygen atoms in total. The van der Waals surface area contributed by atoms with Crippen molar-refractivity contribution in [2.45, 2.75) is 18.9 Å². The minimum Gasteiger partial charge on any atom is -0.486 e. The van der Waals surface area contributed by atoms with E-state index in [9.17, 15) is 4.79 Å². The molecule has 0 bridgehead atoms. The normalized spacial score (nSPS) is 20.7. The quantitative estimate of drug-likeness (QED) is 0.865. The highest BCUT2D eigenvalue weighted by Crippen LogP contribution is 2.33. The SMILES string of the molecule is Cl.O=C(N[C@H]1CCCNC1)c1cccc2c1OCCO2. The predicted molar refractivity (Wildman–Crippen MR) is 78.0 cm³/mol. The summed E-state index contributed by atoms with van der Waals surface area (Å²) in [6, 6.07) is 5.62. The van der Waals surface area contributed by atoms with Crippen LogP contribution in [0.5, 0.6) is 11.5 Å². The third-order valence-corrected chi connectivity index (χ3v) is 3.44. The van der Waals surface area contributed by atoms with E-state index in [-0.39, 0.29) is 24.4 Å². The number of hydrogen-bond donors (Lipinski definition) is 2. The fraction of sp³-hybridized carbons (Fsp3) is 0.500. The zero-order valence-electron chi connectivity index (χ0n) is 11.2. The molecule has 0 aromatic heterocycles. The maximum Gasteiger partial charge on any atom is 0.255 e. The van der Waals surface area contributed by atoms with Crippen molar-refractivity contribution in [3.8, 4) is 11.5 Å². The molecular formula is C14H19ClN2O3. The number of piperidine rings is 1. The molecule has 0 saturated carbocycles. The van der Waals surface area contributed by atoms with Crippen molar-refractivity contribution in [1.29, 1.82) is 0 Å². The van der Waals surface area contributed by atoms with Crippen molar-refractivity contribution in [2.24, 2.45) is 0 Å². The van der Waals surface area contributed by atoms with Crippen LogP contribution >= 0.6 is 12.4 Å². The predicted octanol–water partition coefficient (Wildman–Crippen LogP) is 1.36. The van der Waals surface area contributed by atoms with Gasteiger partial charge in [0.15, 0.2) is 11.5 Å². The highest BCUT2D eigenvalue weighted by atomic mass is 35.5. The Morgan fingerprint density at radius 3 is 2.95 bits per heavy atom. The van der Waals surface area contributed by atoms with Crippen LogP contribution in [-0.2, 0) is 0 Å². The summed E-state index contributed by atoms with van der Waals surface area (Å²) in [7, 11) is 0. The van der Waals surface area contributed by atoms with Gasteiger partial charge >= 0.3 is 0 Å². The van der Waals surface area contributed by atoms with Gasteiger partial charge in [-0.05, 0) is 31.5 Å². The molecule has 1 aromatic carbocycles. The maximum atomic E-state index is 12.3. The Morgan fingerprint density at radius 1 is 1.30 bits per heavy atom. The number of halogens is 1. The van der Waals surface area contributed by atoms with Gasteiger partial charge in [0.25, 0.3) is 5.91 Å². The average Bonchev–Trinajstić information content (AvgIpc) is 2.47. The first-order valence-electron chi connectivity index (χ1n) is 6.75. The lowest BCUT2D eigenvalue weighted by atomic mass is 10.1. The number of hydrogen-bond acceptors (Lipinski definition) is 4. The summed E-state index contributed by atoms with van der Waals surface area (Å²) < 4.78 is 11.1. The minimum atomic E-state index is -0.0870. The standard InChI is InChI=1S/C14H18N2O3.ClH/c17-14(16-10-3-2-6-15-9-10)11-4-1-5-12-13(11)19-8-7-18-12;/h1,4-5,10,15H,2-3,6-9H2,(H,16,17);1H/t10-;/m0./s1. The highest BCUT2D eigenvalue weighted by Gasteiger charge is 2.22. The first-order valence-corrected chi connectivity index (χ1v) is 6.75. The smallest absolute Gasteiger partial charge is 0.255 e. The van der Waals surface area contributed by atoms with Crippen molar-refractivity contribution in [2.75, 3.05) is 26.3 Å². The molecule has 20 heavy (non-hydrogen) atoms. The number of carbonyl (C=O) groups is 1. The first kappa shape index (κ1) is 14.9. The molecule has 1 saturated heterocycles. The molecule has 110 valence electrons. The van der Waals surface area contributed by atoms with Crippen LogP contribution in [0.2, 0.25) is 0 Å². The van der Waals surface area contributed by atoms with Crippen LogP contribution in [0.15, 0.2) is 18.2 Å². The molecule has 0 spiro atoms. The van der Waals surface area contributed by atoms with Gasteiger partial charge in [0.2, 0.25) is 0 Å². The number of para-hydroxylation sites is 1. The Labute approximate surface area is 124 Å². The lowest BCUT2D eigenvalue weighted by molar-refractivity contribution is 0.0919. The number of nitrogens with one attached hydrogen (secondary N) is 2. The number of rotatable bonds is 2. The summed E-state index contributed by atoms with van der Waals surface area (Å²) in [6.45, 7) is 2.88. The van der Waals surface area contributed by atoms with Crippen molar-refractivity contribution in [1.82, 2.24) is 10.6 Å². The summed E-state index contributed by atoms with van der Waals surface area (Å²) in [6.07, 6.45) is 2.11. The summed E-state index contributed by atoms with van der Waals surface area (Å²) in [5, 5.41) is 6.33. The average molecular weight is 299 g/mol. The van der Waals surface area contributed by atoms with Gasteiger partial charge in [0, 0.05) is 12.6 Å². The van der Waals surface area contributed by atoms with Gasteiger partial charge in [0.05, 0.1) is 5.56 Å². The van der Waals surface area contributed by atoms with Crippen molar-refractivity contribution in [3.63, 3.8) is 0 Å². The van der Waals surface area contributed by atoms with Gasteiger partial charge in [-0.2, -0.15) is 0 Å². The van der Waals surface area contributed by atoms with Crippen LogP contribution in [0.1, 0.15) is 23.2 Å². The van der Waals surface area contributed by atoms with Gasteiger partial charge in [-0.1, -0.05) is 6.07 Å². The Kier molecular flexibility index (Phi) is 5.09. The van der Waals surface area contributed by atoms with Crippen LogP contribution in [-0.4, -0.2) is 38.3 Å². The lowest BCUT2D eigenvalue weighted by Gasteiger charge is -2.25. The third kappa shape index (κ3) is 3.16. The number of fused-ring (bicyclic) bond motifs is 1. The second-order valence-corrected chi connectivity index (χ2v) is 4.85. The Bertz CT molecular complexity index is 475. The number of carbonyl (C=O) groups excluding carboxylic acids is 1.